The molecule has 1 aliphatic carbocycles. The van der Waals surface area contributed by atoms with Crippen molar-refractivity contribution in [1.29, 1.82) is 0 Å². The van der Waals surface area contributed by atoms with Crippen LogP contribution < -0.4 is 0 Å². The highest BCUT2D eigenvalue weighted by Crippen LogP contribution is 2.47. The Hall–Kier alpha value is -2.53. The van der Waals surface area contributed by atoms with Gasteiger partial charge in [0.25, 0.3) is 0 Å². The molecule has 0 saturated carbocycles. The minimum Gasteiger partial charge on any atom is -0.465 e. The van der Waals surface area contributed by atoms with Crippen LogP contribution >= 0.6 is 11.3 Å². The summed E-state index contributed by atoms with van der Waals surface area (Å²) in [6, 6.07) is 12.1. The standard InChI is InChI=1S/C23H23NO3S/c1-3-27-23(26)20-14(2)24-18-11-17(15-7-5-4-6-8-15)12-19(25)22(18)21(20)16-9-10-28-13-16/h4-10,13,17,20-21H,3,11-12H2,1-2H3. The number of carbonyl (C=O) groups is 2. The van der Waals surface area contributed by atoms with Gasteiger partial charge in [-0.3, -0.25) is 14.6 Å². The molecule has 0 fully saturated rings. The summed E-state index contributed by atoms with van der Waals surface area (Å²) in [4.78, 5) is 30.8. The first-order valence-electron chi connectivity index (χ1n) is 9.65. The number of rotatable bonds is 4. The molecular formula is C23H23NO3S. The topological polar surface area (TPSA) is 55.7 Å². The Bertz CT molecular complexity index is 943. The number of nitrogens with zero attached hydrogens (tertiary/aromatic N) is 1. The molecule has 0 saturated heterocycles. The molecule has 5 heteroatoms. The van der Waals surface area contributed by atoms with Gasteiger partial charge in [0.15, 0.2) is 5.78 Å². The largest absolute Gasteiger partial charge is 0.465 e. The monoisotopic (exact) mass is 393 g/mol. The maximum absolute atomic E-state index is 13.3. The minimum absolute atomic E-state index is 0.0943. The van der Waals surface area contributed by atoms with E-state index in [-0.39, 0.29) is 23.6 Å². The van der Waals surface area contributed by atoms with Gasteiger partial charge < -0.3 is 4.74 Å². The maximum Gasteiger partial charge on any atom is 0.315 e. The van der Waals surface area contributed by atoms with Crippen molar-refractivity contribution in [3.8, 4) is 0 Å². The third kappa shape index (κ3) is 3.35. The summed E-state index contributed by atoms with van der Waals surface area (Å²) in [5, 5.41) is 4.01. The predicted molar refractivity (Wildman–Crippen MR) is 111 cm³/mol. The van der Waals surface area contributed by atoms with E-state index < -0.39 is 5.92 Å². The van der Waals surface area contributed by atoms with E-state index in [0.717, 1.165) is 29.0 Å². The Kier molecular flexibility index (Phi) is 5.27. The summed E-state index contributed by atoms with van der Waals surface area (Å²) in [6.45, 7) is 3.99. The van der Waals surface area contributed by atoms with Gasteiger partial charge in [0.1, 0.15) is 5.92 Å². The molecule has 0 amide bonds. The molecule has 0 bridgehead atoms. The quantitative estimate of drug-likeness (QED) is 0.695. The third-order valence-corrected chi connectivity index (χ3v) is 6.30. The van der Waals surface area contributed by atoms with Crippen molar-refractivity contribution in [3.63, 3.8) is 0 Å². The van der Waals surface area contributed by atoms with Gasteiger partial charge >= 0.3 is 5.97 Å². The fourth-order valence-electron chi connectivity index (χ4n) is 4.37. The zero-order valence-electron chi connectivity index (χ0n) is 16.1. The number of carbonyl (C=O) groups excluding carboxylic acids is 2. The zero-order chi connectivity index (χ0) is 19.7. The second-order valence-electron chi connectivity index (χ2n) is 7.32. The highest BCUT2D eigenvalue weighted by molar-refractivity contribution is 7.08. The Balaban J connectivity index is 1.77. The summed E-state index contributed by atoms with van der Waals surface area (Å²) in [7, 11) is 0. The summed E-state index contributed by atoms with van der Waals surface area (Å²) >= 11 is 1.57. The molecule has 0 N–H and O–H groups in total. The fraction of sp³-hybridized carbons (Fsp3) is 0.348. The number of allylic oxidation sites excluding steroid dienone is 2. The summed E-state index contributed by atoms with van der Waals surface area (Å²) in [5.74, 6) is -0.917. The maximum atomic E-state index is 13.3. The molecule has 2 aromatic rings. The summed E-state index contributed by atoms with van der Waals surface area (Å²) in [5.41, 5.74) is 4.43. The SMILES string of the molecule is CCOC(=O)C1C(C)=NC2=C(C(=O)CC(c3ccccc3)C2)C1c1ccsc1. The first-order chi connectivity index (χ1) is 13.6. The van der Waals surface area contributed by atoms with E-state index in [1.165, 1.54) is 0 Å². The van der Waals surface area contributed by atoms with E-state index in [4.69, 9.17) is 9.73 Å². The van der Waals surface area contributed by atoms with Gasteiger partial charge in [0.2, 0.25) is 0 Å². The van der Waals surface area contributed by atoms with E-state index in [2.05, 4.69) is 12.1 Å². The molecule has 144 valence electrons. The number of thiophene rings is 1. The van der Waals surface area contributed by atoms with E-state index >= 15 is 0 Å². The summed E-state index contributed by atoms with van der Waals surface area (Å²) in [6.07, 6.45) is 1.17. The van der Waals surface area contributed by atoms with Crippen molar-refractivity contribution < 1.29 is 14.3 Å². The molecule has 4 rings (SSSR count). The van der Waals surface area contributed by atoms with Crippen LogP contribution in [0.5, 0.6) is 0 Å². The number of aliphatic imine (C=N–C) groups is 1. The normalized spacial score (nSPS) is 24.6. The number of ether oxygens (including phenoxy) is 1. The van der Waals surface area contributed by atoms with Crippen LogP contribution in [0.4, 0.5) is 0 Å². The van der Waals surface area contributed by atoms with Crippen LogP contribution in [-0.4, -0.2) is 24.1 Å². The number of benzene rings is 1. The second kappa shape index (κ2) is 7.84. The third-order valence-electron chi connectivity index (χ3n) is 5.60. The Labute approximate surface area is 169 Å². The van der Waals surface area contributed by atoms with Gasteiger partial charge in [0.05, 0.1) is 6.61 Å². The van der Waals surface area contributed by atoms with E-state index in [0.29, 0.717) is 18.6 Å². The lowest BCUT2D eigenvalue weighted by atomic mass is 9.70. The van der Waals surface area contributed by atoms with E-state index in [1.807, 2.05) is 41.9 Å². The molecule has 1 aliphatic heterocycles. The van der Waals surface area contributed by atoms with Crippen molar-refractivity contribution in [3.05, 3.63) is 69.6 Å². The molecule has 4 nitrogen and oxygen atoms in total. The Morgan fingerprint density at radius 1 is 1.18 bits per heavy atom. The van der Waals surface area contributed by atoms with Gasteiger partial charge in [-0.05, 0) is 54.1 Å². The van der Waals surface area contributed by atoms with Crippen molar-refractivity contribution in [2.75, 3.05) is 6.61 Å². The molecule has 1 aromatic carbocycles. The van der Waals surface area contributed by atoms with Gasteiger partial charge in [-0.25, -0.2) is 0 Å². The lowest BCUT2D eigenvalue weighted by molar-refractivity contribution is -0.146. The summed E-state index contributed by atoms with van der Waals surface area (Å²) < 4.78 is 5.34. The number of ketones is 1. The van der Waals surface area contributed by atoms with Gasteiger partial charge in [-0.1, -0.05) is 30.3 Å². The van der Waals surface area contributed by atoms with Crippen LogP contribution in [0.15, 0.2) is 63.4 Å². The molecule has 0 spiro atoms. The van der Waals surface area contributed by atoms with Crippen LogP contribution in [0.3, 0.4) is 0 Å². The van der Waals surface area contributed by atoms with Crippen LogP contribution in [-0.2, 0) is 14.3 Å². The van der Waals surface area contributed by atoms with E-state index in [9.17, 15) is 9.59 Å². The molecule has 2 heterocycles. The lowest BCUT2D eigenvalue weighted by Gasteiger charge is -2.36. The van der Waals surface area contributed by atoms with Crippen LogP contribution in [0.1, 0.15) is 49.7 Å². The predicted octanol–water partition coefficient (Wildman–Crippen LogP) is 4.89. The highest BCUT2D eigenvalue weighted by Gasteiger charge is 2.44. The molecule has 0 radical (unpaired) electrons. The lowest BCUT2D eigenvalue weighted by Crippen LogP contribution is -2.38. The van der Waals surface area contributed by atoms with Crippen LogP contribution in [0.2, 0.25) is 0 Å². The number of Topliss-reactive ketones (excluding diaryl/α,β-unsaturated/α-hetero) is 1. The van der Waals surface area contributed by atoms with Crippen molar-refractivity contribution in [1.82, 2.24) is 0 Å². The second-order valence-corrected chi connectivity index (χ2v) is 8.10. The average molecular weight is 394 g/mol. The molecule has 28 heavy (non-hydrogen) atoms. The number of esters is 1. The first-order valence-corrected chi connectivity index (χ1v) is 10.6. The van der Waals surface area contributed by atoms with Gasteiger partial charge in [0, 0.05) is 29.3 Å². The smallest absolute Gasteiger partial charge is 0.315 e. The van der Waals surface area contributed by atoms with Crippen molar-refractivity contribution in [2.45, 2.75) is 38.5 Å². The molecule has 1 aromatic heterocycles. The molecule has 3 atom stereocenters. The van der Waals surface area contributed by atoms with Crippen molar-refractivity contribution in [2.24, 2.45) is 10.9 Å². The Morgan fingerprint density at radius 2 is 1.96 bits per heavy atom. The van der Waals surface area contributed by atoms with E-state index in [1.54, 1.807) is 18.3 Å². The highest BCUT2D eigenvalue weighted by atomic mass is 32.1. The zero-order valence-corrected chi connectivity index (χ0v) is 16.9. The Morgan fingerprint density at radius 3 is 2.64 bits per heavy atom. The molecule has 3 unspecified atom stereocenters. The molecule has 2 aliphatic rings. The van der Waals surface area contributed by atoms with Gasteiger partial charge in [-0.15, -0.1) is 0 Å². The number of hydrogen-bond acceptors (Lipinski definition) is 5. The number of hydrogen-bond donors (Lipinski definition) is 0. The van der Waals surface area contributed by atoms with Crippen molar-refractivity contribution >= 4 is 28.8 Å². The average Bonchev–Trinajstić information content (AvgIpc) is 3.22. The van der Waals surface area contributed by atoms with Crippen LogP contribution in [0.25, 0.3) is 0 Å². The fourth-order valence-corrected chi connectivity index (χ4v) is 5.07. The first kappa shape index (κ1) is 18.8. The van der Waals surface area contributed by atoms with Gasteiger partial charge in [-0.2, -0.15) is 11.3 Å². The minimum atomic E-state index is -0.537. The van der Waals surface area contributed by atoms with Crippen LogP contribution in [0, 0.1) is 5.92 Å². The molecular weight excluding hydrogens is 370 g/mol.